The van der Waals surface area contributed by atoms with Crippen LogP contribution in [0.15, 0.2) is 28.7 Å². The van der Waals surface area contributed by atoms with Crippen LogP contribution >= 0.6 is 15.9 Å². The van der Waals surface area contributed by atoms with E-state index in [1.807, 2.05) is 0 Å². The summed E-state index contributed by atoms with van der Waals surface area (Å²) in [5.74, 6) is -0.385. The second-order valence-corrected chi connectivity index (χ2v) is 5.35. The molecule has 1 aliphatic rings. The van der Waals surface area contributed by atoms with Gasteiger partial charge < -0.3 is 15.4 Å². The normalized spacial score (nSPS) is 18.4. The molecule has 1 aromatic carbocycles. The maximum Gasteiger partial charge on any atom is 0.338 e. The summed E-state index contributed by atoms with van der Waals surface area (Å²) in [6.45, 7) is 0.827. The van der Waals surface area contributed by atoms with Crippen LogP contribution < -0.4 is 5.73 Å². The van der Waals surface area contributed by atoms with Crippen molar-refractivity contribution in [2.24, 2.45) is 5.73 Å². The van der Waals surface area contributed by atoms with Crippen molar-refractivity contribution < 1.29 is 14.3 Å². The zero-order valence-electron chi connectivity index (χ0n) is 10.3. The minimum Gasteiger partial charge on any atom is -0.460 e. The fourth-order valence-electron chi connectivity index (χ4n) is 2.14. The molecule has 1 aliphatic heterocycles. The molecule has 1 unspecified atom stereocenters. The summed E-state index contributed by atoms with van der Waals surface area (Å²) in [5, 5.41) is 0. The number of urea groups is 1. The molecule has 0 aromatic heterocycles. The number of benzene rings is 1. The number of nitrogens with zero attached hydrogens (tertiary/aromatic N) is 1. The quantitative estimate of drug-likeness (QED) is 0.865. The maximum absolute atomic E-state index is 11.8. The Labute approximate surface area is 119 Å². The third-order valence-electron chi connectivity index (χ3n) is 3.15. The Morgan fingerprint density at radius 3 is 2.68 bits per heavy atom. The SMILES string of the molecule is NC(=O)N1CCCC1COC(=O)c1ccc(Br)cc1. The van der Waals surface area contributed by atoms with Gasteiger partial charge in [0.1, 0.15) is 6.61 Å². The van der Waals surface area contributed by atoms with E-state index >= 15 is 0 Å². The molecule has 0 aliphatic carbocycles. The van der Waals surface area contributed by atoms with E-state index in [0.717, 1.165) is 17.3 Å². The number of primary amides is 1. The second kappa shape index (κ2) is 6.06. The van der Waals surface area contributed by atoms with Gasteiger partial charge in [-0.05, 0) is 37.1 Å². The van der Waals surface area contributed by atoms with Crippen molar-refractivity contribution in [2.75, 3.05) is 13.2 Å². The Balaban J connectivity index is 1.90. The van der Waals surface area contributed by atoms with E-state index in [1.54, 1.807) is 29.2 Å². The van der Waals surface area contributed by atoms with Gasteiger partial charge in [-0.2, -0.15) is 0 Å². The lowest BCUT2D eigenvalue weighted by molar-refractivity contribution is 0.0422. The van der Waals surface area contributed by atoms with Crippen LogP contribution in [0.1, 0.15) is 23.2 Å². The van der Waals surface area contributed by atoms with Crippen molar-refractivity contribution in [1.82, 2.24) is 4.90 Å². The van der Waals surface area contributed by atoms with Gasteiger partial charge in [-0.1, -0.05) is 15.9 Å². The Bertz CT molecular complexity index is 475. The van der Waals surface area contributed by atoms with Crippen molar-refractivity contribution in [2.45, 2.75) is 18.9 Å². The van der Waals surface area contributed by atoms with Gasteiger partial charge in [0.2, 0.25) is 0 Å². The van der Waals surface area contributed by atoms with Crippen LogP contribution in [0.25, 0.3) is 0 Å². The number of hydrogen-bond donors (Lipinski definition) is 1. The van der Waals surface area contributed by atoms with Crippen LogP contribution in [0.4, 0.5) is 4.79 Å². The summed E-state index contributed by atoms with van der Waals surface area (Å²) >= 11 is 3.30. The number of likely N-dealkylation sites (tertiary alicyclic amines) is 1. The molecule has 1 aromatic rings. The first-order valence-corrected chi connectivity index (χ1v) is 6.86. The van der Waals surface area contributed by atoms with Crippen molar-refractivity contribution in [3.05, 3.63) is 34.3 Å². The molecular formula is C13H15BrN2O3. The highest BCUT2D eigenvalue weighted by Crippen LogP contribution is 2.18. The first kappa shape index (κ1) is 13.9. The predicted molar refractivity (Wildman–Crippen MR) is 73.7 cm³/mol. The van der Waals surface area contributed by atoms with Crippen LogP contribution in [-0.4, -0.2) is 36.1 Å². The number of hydrogen-bond acceptors (Lipinski definition) is 3. The predicted octanol–water partition coefficient (Wildman–Crippen LogP) is 2.15. The second-order valence-electron chi connectivity index (χ2n) is 4.43. The van der Waals surface area contributed by atoms with E-state index in [2.05, 4.69) is 15.9 Å². The molecule has 6 heteroatoms. The van der Waals surface area contributed by atoms with E-state index in [1.165, 1.54) is 0 Å². The smallest absolute Gasteiger partial charge is 0.338 e. The average molecular weight is 327 g/mol. The molecule has 102 valence electrons. The highest BCUT2D eigenvalue weighted by Gasteiger charge is 2.28. The Kier molecular flexibility index (Phi) is 4.42. The Morgan fingerprint density at radius 2 is 2.05 bits per heavy atom. The summed E-state index contributed by atoms with van der Waals surface area (Å²) in [6, 6.07) is 6.38. The molecule has 2 N–H and O–H groups in total. The number of nitrogens with two attached hydrogens (primary N) is 1. The first-order valence-electron chi connectivity index (χ1n) is 6.06. The zero-order chi connectivity index (χ0) is 13.8. The third kappa shape index (κ3) is 3.47. The van der Waals surface area contributed by atoms with Gasteiger partial charge >= 0.3 is 12.0 Å². The zero-order valence-corrected chi connectivity index (χ0v) is 11.9. The van der Waals surface area contributed by atoms with Crippen LogP contribution in [0.3, 0.4) is 0 Å². The van der Waals surface area contributed by atoms with Crippen LogP contribution in [0.5, 0.6) is 0 Å². The fraction of sp³-hybridized carbons (Fsp3) is 0.385. The van der Waals surface area contributed by atoms with Gasteiger partial charge in [0, 0.05) is 11.0 Å². The highest BCUT2D eigenvalue weighted by molar-refractivity contribution is 9.10. The van der Waals surface area contributed by atoms with E-state index in [4.69, 9.17) is 10.5 Å². The molecule has 1 saturated heterocycles. The molecule has 0 saturated carbocycles. The van der Waals surface area contributed by atoms with Crippen LogP contribution in [0, 0.1) is 0 Å². The van der Waals surface area contributed by atoms with Crippen molar-refractivity contribution in [3.63, 3.8) is 0 Å². The van der Waals surface area contributed by atoms with Gasteiger partial charge in [-0.25, -0.2) is 9.59 Å². The van der Waals surface area contributed by atoms with Gasteiger partial charge in [0.05, 0.1) is 11.6 Å². The van der Waals surface area contributed by atoms with E-state index < -0.39 is 6.03 Å². The molecule has 0 radical (unpaired) electrons. The number of rotatable bonds is 3. The average Bonchev–Trinajstić information content (AvgIpc) is 2.85. The number of ether oxygens (including phenoxy) is 1. The summed E-state index contributed by atoms with van der Waals surface area (Å²) in [7, 11) is 0. The molecule has 2 amide bonds. The molecular weight excluding hydrogens is 312 g/mol. The Hall–Kier alpha value is -1.56. The number of halogens is 1. The molecule has 0 bridgehead atoms. The lowest BCUT2D eigenvalue weighted by Crippen LogP contribution is -2.41. The topological polar surface area (TPSA) is 72.6 Å². The number of carbonyl (C=O) groups excluding carboxylic acids is 2. The molecule has 1 fully saturated rings. The van der Waals surface area contributed by atoms with Gasteiger partial charge in [-0.15, -0.1) is 0 Å². The molecule has 1 atom stereocenters. The molecule has 5 nitrogen and oxygen atoms in total. The number of carbonyl (C=O) groups is 2. The van der Waals surface area contributed by atoms with Crippen LogP contribution in [0.2, 0.25) is 0 Å². The standard InChI is InChI=1S/C13H15BrN2O3/c14-10-5-3-9(4-6-10)12(17)19-8-11-2-1-7-16(11)13(15)18/h3-6,11H,1-2,7-8H2,(H2,15,18). The van der Waals surface area contributed by atoms with Crippen LogP contribution in [-0.2, 0) is 4.74 Å². The summed E-state index contributed by atoms with van der Waals surface area (Å²) in [5.41, 5.74) is 5.76. The fourth-order valence-corrected chi connectivity index (χ4v) is 2.40. The Morgan fingerprint density at radius 1 is 1.37 bits per heavy atom. The van der Waals surface area contributed by atoms with E-state index in [-0.39, 0.29) is 18.6 Å². The monoisotopic (exact) mass is 326 g/mol. The first-order chi connectivity index (χ1) is 9.08. The minimum atomic E-state index is -0.456. The minimum absolute atomic E-state index is 0.100. The lowest BCUT2D eigenvalue weighted by Gasteiger charge is -2.22. The maximum atomic E-state index is 11.8. The largest absolute Gasteiger partial charge is 0.460 e. The molecule has 19 heavy (non-hydrogen) atoms. The molecule has 0 spiro atoms. The lowest BCUT2D eigenvalue weighted by atomic mass is 10.2. The van der Waals surface area contributed by atoms with E-state index in [9.17, 15) is 9.59 Å². The van der Waals surface area contributed by atoms with Gasteiger partial charge in [-0.3, -0.25) is 0 Å². The molecule has 2 rings (SSSR count). The third-order valence-corrected chi connectivity index (χ3v) is 3.68. The van der Waals surface area contributed by atoms with Crippen molar-refractivity contribution >= 4 is 27.9 Å². The number of amides is 2. The van der Waals surface area contributed by atoms with Crippen molar-refractivity contribution in [3.8, 4) is 0 Å². The highest BCUT2D eigenvalue weighted by atomic mass is 79.9. The summed E-state index contributed by atoms with van der Waals surface area (Å²) < 4.78 is 6.13. The van der Waals surface area contributed by atoms with Gasteiger partial charge in [0.15, 0.2) is 0 Å². The summed E-state index contributed by atoms with van der Waals surface area (Å²) in [6.07, 6.45) is 1.71. The van der Waals surface area contributed by atoms with Crippen molar-refractivity contribution in [1.29, 1.82) is 0 Å². The number of esters is 1. The molecule has 1 heterocycles. The summed E-state index contributed by atoms with van der Waals surface area (Å²) in [4.78, 5) is 24.5. The van der Waals surface area contributed by atoms with Gasteiger partial charge in [0.25, 0.3) is 0 Å². The van der Waals surface area contributed by atoms with E-state index in [0.29, 0.717) is 12.1 Å².